The Labute approximate surface area is 69.5 Å². The van der Waals surface area contributed by atoms with E-state index in [0.717, 1.165) is 18.5 Å². The molecule has 0 bridgehead atoms. The van der Waals surface area contributed by atoms with E-state index in [9.17, 15) is 12.8 Å². The molecular formula is C6H7FN2O2S. The summed E-state index contributed by atoms with van der Waals surface area (Å²) in [5.41, 5.74) is 0.249. The van der Waals surface area contributed by atoms with Crippen LogP contribution in [-0.2, 0) is 10.0 Å². The molecular weight excluding hydrogens is 183 g/mol. The third-order valence-electron chi connectivity index (χ3n) is 1.03. The van der Waals surface area contributed by atoms with Crippen molar-refractivity contribution in [2.24, 2.45) is 0 Å². The van der Waals surface area contributed by atoms with Gasteiger partial charge in [0.25, 0.3) is 0 Å². The first-order valence-electron chi connectivity index (χ1n) is 3.07. The largest absolute Gasteiger partial charge is 0.282 e. The molecule has 0 spiro atoms. The number of aromatic nitrogens is 1. The second kappa shape index (κ2) is 3.06. The maximum Gasteiger partial charge on any atom is 0.229 e. The van der Waals surface area contributed by atoms with Crippen molar-refractivity contribution < 1.29 is 12.8 Å². The molecule has 1 aromatic heterocycles. The summed E-state index contributed by atoms with van der Waals surface area (Å²) in [5, 5.41) is 0. The van der Waals surface area contributed by atoms with Gasteiger partial charge in [0.2, 0.25) is 16.0 Å². The summed E-state index contributed by atoms with van der Waals surface area (Å²) in [7, 11) is -3.30. The van der Waals surface area contributed by atoms with E-state index in [-0.39, 0.29) is 5.69 Å². The van der Waals surface area contributed by atoms with Gasteiger partial charge in [-0.15, -0.1) is 0 Å². The third kappa shape index (κ3) is 2.83. The fourth-order valence-corrected chi connectivity index (χ4v) is 1.20. The van der Waals surface area contributed by atoms with Crippen LogP contribution in [0.4, 0.5) is 10.1 Å². The fraction of sp³-hybridized carbons (Fsp3) is 0.167. The summed E-state index contributed by atoms with van der Waals surface area (Å²) in [4.78, 5) is 3.27. The summed E-state index contributed by atoms with van der Waals surface area (Å²) in [5.74, 6) is -0.644. The molecule has 66 valence electrons. The SMILES string of the molecule is CS(=O)(=O)Nc1ccc(F)nc1. The number of nitrogens with zero attached hydrogens (tertiary/aromatic N) is 1. The van der Waals surface area contributed by atoms with Crippen LogP contribution in [0.1, 0.15) is 0 Å². The molecule has 0 unspecified atom stereocenters. The second-order valence-corrected chi connectivity index (χ2v) is 3.99. The molecule has 0 atom stereocenters. The van der Waals surface area contributed by atoms with E-state index in [2.05, 4.69) is 9.71 Å². The summed E-state index contributed by atoms with van der Waals surface area (Å²) in [6.07, 6.45) is 2.12. The van der Waals surface area contributed by atoms with Crippen LogP contribution >= 0.6 is 0 Å². The Kier molecular flexibility index (Phi) is 2.27. The summed E-state index contributed by atoms with van der Waals surface area (Å²) in [6, 6.07) is 2.37. The number of sulfonamides is 1. The first-order chi connectivity index (χ1) is 5.47. The standard InChI is InChI=1S/C6H7FN2O2S/c1-12(10,11)9-5-2-3-6(7)8-4-5/h2-4,9H,1H3. The molecule has 12 heavy (non-hydrogen) atoms. The molecule has 6 heteroatoms. The highest BCUT2D eigenvalue weighted by Crippen LogP contribution is 2.06. The molecule has 4 nitrogen and oxygen atoms in total. The number of nitrogens with one attached hydrogen (secondary N) is 1. The number of anilines is 1. The molecule has 0 aliphatic rings. The summed E-state index contributed by atoms with van der Waals surface area (Å²) >= 11 is 0. The lowest BCUT2D eigenvalue weighted by molar-refractivity contribution is 0.583. The third-order valence-corrected chi connectivity index (χ3v) is 1.64. The topological polar surface area (TPSA) is 59.1 Å². The van der Waals surface area contributed by atoms with Crippen LogP contribution in [0.25, 0.3) is 0 Å². The molecule has 1 heterocycles. The van der Waals surface area contributed by atoms with Crippen LogP contribution in [0.2, 0.25) is 0 Å². The van der Waals surface area contributed by atoms with E-state index in [0.29, 0.717) is 0 Å². The van der Waals surface area contributed by atoms with Crippen molar-refractivity contribution in [1.29, 1.82) is 0 Å². The van der Waals surface area contributed by atoms with Gasteiger partial charge in [0, 0.05) is 0 Å². The Bertz CT molecular complexity index is 360. The molecule has 0 fully saturated rings. The average molecular weight is 190 g/mol. The van der Waals surface area contributed by atoms with Crippen LogP contribution in [0.3, 0.4) is 0 Å². The van der Waals surface area contributed by atoms with E-state index < -0.39 is 16.0 Å². The molecule has 0 saturated heterocycles. The molecule has 1 aromatic rings. The number of hydrogen-bond acceptors (Lipinski definition) is 3. The summed E-state index contributed by atoms with van der Waals surface area (Å²) in [6.45, 7) is 0. The van der Waals surface area contributed by atoms with Gasteiger partial charge in [0.1, 0.15) is 0 Å². The Hall–Kier alpha value is -1.17. The van der Waals surface area contributed by atoms with Crippen molar-refractivity contribution in [2.75, 3.05) is 11.0 Å². The van der Waals surface area contributed by atoms with Crippen molar-refractivity contribution in [3.05, 3.63) is 24.3 Å². The van der Waals surface area contributed by atoms with Gasteiger partial charge >= 0.3 is 0 Å². The van der Waals surface area contributed by atoms with Gasteiger partial charge in [0.15, 0.2) is 0 Å². The smallest absolute Gasteiger partial charge is 0.229 e. The zero-order valence-electron chi connectivity index (χ0n) is 6.28. The van der Waals surface area contributed by atoms with E-state index in [1.165, 1.54) is 6.07 Å². The molecule has 0 aliphatic carbocycles. The summed E-state index contributed by atoms with van der Waals surface area (Å²) < 4.78 is 35.7. The van der Waals surface area contributed by atoms with Gasteiger partial charge < -0.3 is 0 Å². The Morgan fingerprint density at radius 2 is 2.17 bits per heavy atom. The van der Waals surface area contributed by atoms with E-state index >= 15 is 0 Å². The lowest BCUT2D eigenvalue weighted by Gasteiger charge is -2.01. The zero-order chi connectivity index (χ0) is 9.19. The lowest BCUT2D eigenvalue weighted by atomic mass is 10.4. The molecule has 0 radical (unpaired) electrons. The van der Waals surface area contributed by atoms with Gasteiger partial charge in [-0.25, -0.2) is 13.4 Å². The van der Waals surface area contributed by atoms with Gasteiger partial charge in [-0.1, -0.05) is 0 Å². The molecule has 0 aliphatic heterocycles. The lowest BCUT2D eigenvalue weighted by Crippen LogP contribution is -2.09. The van der Waals surface area contributed by atoms with Gasteiger partial charge in [-0.3, -0.25) is 4.72 Å². The van der Waals surface area contributed by atoms with Crippen LogP contribution < -0.4 is 4.72 Å². The highest BCUT2D eigenvalue weighted by molar-refractivity contribution is 7.92. The minimum absolute atomic E-state index is 0.249. The maximum absolute atomic E-state index is 12.2. The van der Waals surface area contributed by atoms with Gasteiger partial charge in [0.05, 0.1) is 18.1 Å². The number of pyridine rings is 1. The van der Waals surface area contributed by atoms with Gasteiger partial charge in [-0.2, -0.15) is 4.39 Å². The fourth-order valence-electron chi connectivity index (χ4n) is 0.650. The predicted molar refractivity (Wildman–Crippen MR) is 42.7 cm³/mol. The minimum atomic E-state index is -3.30. The molecule has 0 saturated carbocycles. The van der Waals surface area contributed by atoms with Crippen LogP contribution in [0, 0.1) is 5.95 Å². The highest BCUT2D eigenvalue weighted by Gasteiger charge is 2.01. The van der Waals surface area contributed by atoms with Crippen LogP contribution in [0.5, 0.6) is 0 Å². The quantitative estimate of drug-likeness (QED) is 0.694. The average Bonchev–Trinajstić information content (AvgIpc) is 1.91. The van der Waals surface area contributed by atoms with E-state index in [1.54, 1.807) is 0 Å². The molecule has 1 rings (SSSR count). The first-order valence-corrected chi connectivity index (χ1v) is 4.96. The first kappa shape index (κ1) is 8.92. The second-order valence-electron chi connectivity index (χ2n) is 2.24. The van der Waals surface area contributed by atoms with Crippen molar-refractivity contribution >= 4 is 15.7 Å². The number of rotatable bonds is 2. The number of hydrogen-bond donors (Lipinski definition) is 1. The number of halogens is 1. The Morgan fingerprint density at radius 3 is 2.58 bits per heavy atom. The maximum atomic E-state index is 12.2. The van der Waals surface area contributed by atoms with E-state index in [4.69, 9.17) is 0 Å². The Balaban J connectivity index is 2.85. The molecule has 0 amide bonds. The zero-order valence-corrected chi connectivity index (χ0v) is 7.10. The minimum Gasteiger partial charge on any atom is -0.282 e. The van der Waals surface area contributed by atoms with Crippen molar-refractivity contribution in [3.63, 3.8) is 0 Å². The molecule has 0 aromatic carbocycles. The highest BCUT2D eigenvalue weighted by atomic mass is 32.2. The van der Waals surface area contributed by atoms with Crippen molar-refractivity contribution in [1.82, 2.24) is 4.98 Å². The predicted octanol–water partition coefficient (Wildman–Crippen LogP) is 0.592. The van der Waals surface area contributed by atoms with Crippen LogP contribution in [0.15, 0.2) is 18.3 Å². The Morgan fingerprint density at radius 1 is 1.50 bits per heavy atom. The molecule has 1 N–H and O–H groups in total. The van der Waals surface area contributed by atoms with Crippen LogP contribution in [-0.4, -0.2) is 19.7 Å². The normalized spacial score (nSPS) is 11.2. The van der Waals surface area contributed by atoms with Crippen molar-refractivity contribution in [3.8, 4) is 0 Å². The van der Waals surface area contributed by atoms with E-state index in [1.807, 2.05) is 0 Å². The van der Waals surface area contributed by atoms with Gasteiger partial charge in [-0.05, 0) is 12.1 Å². The monoisotopic (exact) mass is 190 g/mol. The van der Waals surface area contributed by atoms with Crippen molar-refractivity contribution in [2.45, 2.75) is 0 Å².